The zero-order valence-corrected chi connectivity index (χ0v) is 17.0. The van der Waals surface area contributed by atoms with Crippen LogP contribution in [0.3, 0.4) is 0 Å². The molecule has 0 atom stereocenters. The van der Waals surface area contributed by atoms with Crippen molar-refractivity contribution in [3.8, 4) is 5.75 Å². The lowest BCUT2D eigenvalue weighted by molar-refractivity contribution is -0.387. The minimum atomic E-state index is -1.27. The van der Waals surface area contributed by atoms with Gasteiger partial charge in [0.25, 0.3) is 5.69 Å². The van der Waals surface area contributed by atoms with Crippen LogP contribution in [0.15, 0.2) is 70.6 Å². The molecule has 0 unspecified atom stereocenters. The van der Waals surface area contributed by atoms with Crippen molar-refractivity contribution in [3.63, 3.8) is 0 Å². The fourth-order valence-corrected chi connectivity index (χ4v) is 4.39. The van der Waals surface area contributed by atoms with E-state index in [1.165, 1.54) is 24.9 Å². The molecule has 158 valence electrons. The second-order valence-corrected chi connectivity index (χ2v) is 7.78. The van der Waals surface area contributed by atoms with Crippen LogP contribution in [0.25, 0.3) is 10.9 Å². The van der Waals surface area contributed by atoms with E-state index in [1.807, 2.05) is 0 Å². The Morgan fingerprint density at radius 2 is 1.84 bits per heavy atom. The van der Waals surface area contributed by atoms with Gasteiger partial charge in [-0.1, -0.05) is 23.9 Å². The first kappa shape index (κ1) is 20.8. The number of fused-ring (bicyclic) bond motifs is 1. The first-order valence-corrected chi connectivity index (χ1v) is 9.90. The second-order valence-electron chi connectivity index (χ2n) is 6.69. The third kappa shape index (κ3) is 4.09. The summed E-state index contributed by atoms with van der Waals surface area (Å²) < 4.78 is 48.5. The van der Waals surface area contributed by atoms with Crippen LogP contribution in [0.1, 0.15) is 5.56 Å². The summed E-state index contributed by atoms with van der Waals surface area (Å²) >= 11 is 1.18. The Kier molecular flexibility index (Phi) is 5.60. The Hall–Kier alpha value is -3.46. The van der Waals surface area contributed by atoms with Crippen molar-refractivity contribution in [2.75, 3.05) is 7.11 Å². The van der Waals surface area contributed by atoms with Gasteiger partial charge in [-0.05, 0) is 24.3 Å². The number of aromatic nitrogens is 1. The van der Waals surface area contributed by atoms with E-state index >= 15 is 0 Å². The number of benzene rings is 3. The zero-order valence-electron chi connectivity index (χ0n) is 16.1. The van der Waals surface area contributed by atoms with Gasteiger partial charge in [0.1, 0.15) is 11.6 Å². The monoisotopic (exact) mass is 444 g/mol. The molecule has 0 fully saturated rings. The SMILES string of the molecule is COc1ccc2c(Sc3ccccc3[N+](=O)[O-])cn(Cc3cc(F)cc(F)c3F)c2c1. The summed E-state index contributed by atoms with van der Waals surface area (Å²) in [5.74, 6) is -2.73. The molecule has 0 amide bonds. The maximum atomic E-state index is 14.2. The van der Waals surface area contributed by atoms with Crippen LogP contribution in [0, 0.1) is 27.6 Å². The van der Waals surface area contributed by atoms with Gasteiger partial charge in [-0.2, -0.15) is 0 Å². The van der Waals surface area contributed by atoms with Gasteiger partial charge in [-0.15, -0.1) is 0 Å². The van der Waals surface area contributed by atoms with Crippen molar-refractivity contribution in [1.29, 1.82) is 0 Å². The van der Waals surface area contributed by atoms with E-state index in [9.17, 15) is 23.3 Å². The van der Waals surface area contributed by atoms with Gasteiger partial charge in [0.2, 0.25) is 0 Å². The molecule has 3 aromatic carbocycles. The van der Waals surface area contributed by atoms with E-state index in [0.717, 1.165) is 11.5 Å². The summed E-state index contributed by atoms with van der Waals surface area (Å²) in [5.41, 5.74) is 0.434. The Labute approximate surface area is 179 Å². The van der Waals surface area contributed by atoms with Crippen LogP contribution in [0.5, 0.6) is 5.75 Å². The van der Waals surface area contributed by atoms with Gasteiger partial charge in [0, 0.05) is 40.2 Å². The molecular weight excluding hydrogens is 429 g/mol. The number of rotatable bonds is 6. The van der Waals surface area contributed by atoms with E-state index < -0.39 is 22.4 Å². The average molecular weight is 444 g/mol. The van der Waals surface area contributed by atoms with E-state index in [1.54, 1.807) is 47.2 Å². The van der Waals surface area contributed by atoms with Crippen molar-refractivity contribution in [3.05, 3.63) is 93.9 Å². The Balaban J connectivity index is 1.83. The van der Waals surface area contributed by atoms with E-state index in [4.69, 9.17) is 4.74 Å². The molecule has 0 saturated heterocycles. The predicted octanol–water partition coefficient (Wildman–Crippen LogP) is 6.17. The lowest BCUT2D eigenvalue weighted by Crippen LogP contribution is -2.03. The number of nitro benzene ring substituents is 1. The Morgan fingerprint density at radius 1 is 1.06 bits per heavy atom. The van der Waals surface area contributed by atoms with Gasteiger partial charge in [-0.3, -0.25) is 10.1 Å². The standard InChI is InChI=1S/C22H15F3N2O3S/c1-30-15-6-7-16-19(10-15)26(11-13-8-14(23)9-17(24)22(13)25)12-21(16)31-20-5-3-2-4-18(20)27(28)29/h2-10,12H,11H2,1H3. The number of nitrogens with zero attached hydrogens (tertiary/aromatic N) is 2. The molecule has 0 aliphatic rings. The van der Waals surface area contributed by atoms with E-state index in [0.29, 0.717) is 27.1 Å². The molecule has 5 nitrogen and oxygen atoms in total. The third-order valence-corrected chi connectivity index (χ3v) is 5.85. The molecule has 0 spiro atoms. The Morgan fingerprint density at radius 3 is 2.58 bits per heavy atom. The third-order valence-electron chi connectivity index (χ3n) is 4.74. The predicted molar refractivity (Wildman–Crippen MR) is 111 cm³/mol. The number of para-hydroxylation sites is 1. The average Bonchev–Trinajstić information content (AvgIpc) is 3.08. The molecular formula is C22H15F3N2O3S. The molecule has 9 heteroatoms. The summed E-state index contributed by atoms with van der Waals surface area (Å²) in [7, 11) is 1.50. The van der Waals surface area contributed by atoms with Crippen LogP contribution < -0.4 is 4.74 Å². The lowest BCUT2D eigenvalue weighted by Gasteiger charge is -2.08. The highest BCUT2D eigenvalue weighted by Gasteiger charge is 2.19. The fraction of sp³-hybridized carbons (Fsp3) is 0.0909. The Bertz CT molecular complexity index is 1310. The molecule has 0 aliphatic carbocycles. The van der Waals surface area contributed by atoms with Gasteiger partial charge in [0.15, 0.2) is 11.6 Å². The molecule has 0 bridgehead atoms. The van der Waals surface area contributed by atoms with Crippen LogP contribution in [0.4, 0.5) is 18.9 Å². The highest BCUT2D eigenvalue weighted by Crippen LogP contribution is 2.40. The normalized spacial score (nSPS) is 11.1. The van der Waals surface area contributed by atoms with Crippen LogP contribution in [-0.4, -0.2) is 16.6 Å². The lowest BCUT2D eigenvalue weighted by atomic mass is 10.2. The molecule has 1 aromatic heterocycles. The van der Waals surface area contributed by atoms with Crippen LogP contribution in [-0.2, 0) is 6.54 Å². The molecule has 0 N–H and O–H groups in total. The zero-order chi connectivity index (χ0) is 22.1. The van der Waals surface area contributed by atoms with Crippen LogP contribution in [0.2, 0.25) is 0 Å². The van der Waals surface area contributed by atoms with Crippen molar-refractivity contribution >= 4 is 28.4 Å². The highest BCUT2D eigenvalue weighted by molar-refractivity contribution is 7.99. The maximum Gasteiger partial charge on any atom is 0.283 e. The summed E-state index contributed by atoms with van der Waals surface area (Å²) in [6.07, 6.45) is 1.67. The molecule has 0 radical (unpaired) electrons. The summed E-state index contributed by atoms with van der Waals surface area (Å²) in [6, 6.07) is 13.0. The summed E-state index contributed by atoms with van der Waals surface area (Å²) in [4.78, 5) is 12.0. The summed E-state index contributed by atoms with van der Waals surface area (Å²) in [5, 5.41) is 12.1. The van der Waals surface area contributed by atoms with E-state index in [2.05, 4.69) is 0 Å². The number of methoxy groups -OCH3 is 1. The topological polar surface area (TPSA) is 57.3 Å². The molecule has 0 saturated carbocycles. The number of ether oxygens (including phenoxy) is 1. The minimum absolute atomic E-state index is 0.0415. The van der Waals surface area contributed by atoms with Crippen molar-refractivity contribution < 1.29 is 22.8 Å². The first-order valence-electron chi connectivity index (χ1n) is 9.09. The van der Waals surface area contributed by atoms with Crippen molar-refractivity contribution in [1.82, 2.24) is 4.57 Å². The quantitative estimate of drug-likeness (QED) is 0.203. The minimum Gasteiger partial charge on any atom is -0.497 e. The molecule has 31 heavy (non-hydrogen) atoms. The number of hydrogen-bond donors (Lipinski definition) is 0. The smallest absolute Gasteiger partial charge is 0.283 e. The number of nitro groups is 1. The second kappa shape index (κ2) is 8.35. The van der Waals surface area contributed by atoms with E-state index in [-0.39, 0.29) is 17.8 Å². The van der Waals surface area contributed by atoms with Gasteiger partial charge >= 0.3 is 0 Å². The maximum absolute atomic E-state index is 14.2. The summed E-state index contributed by atoms with van der Waals surface area (Å²) in [6.45, 7) is -0.137. The highest BCUT2D eigenvalue weighted by atomic mass is 32.2. The van der Waals surface area contributed by atoms with Crippen LogP contribution >= 0.6 is 11.8 Å². The number of hydrogen-bond acceptors (Lipinski definition) is 4. The molecule has 1 heterocycles. The van der Waals surface area contributed by atoms with Gasteiger partial charge < -0.3 is 9.30 Å². The molecule has 0 aliphatic heterocycles. The van der Waals surface area contributed by atoms with Gasteiger partial charge in [-0.25, -0.2) is 13.2 Å². The molecule has 4 aromatic rings. The largest absolute Gasteiger partial charge is 0.497 e. The van der Waals surface area contributed by atoms with Crippen molar-refractivity contribution in [2.24, 2.45) is 0 Å². The number of halogens is 3. The fourth-order valence-electron chi connectivity index (χ4n) is 3.30. The first-order chi connectivity index (χ1) is 14.9. The van der Waals surface area contributed by atoms with Crippen molar-refractivity contribution in [2.45, 2.75) is 16.3 Å². The molecule has 4 rings (SSSR count). The van der Waals surface area contributed by atoms with Gasteiger partial charge in [0.05, 0.1) is 29.0 Å².